The lowest BCUT2D eigenvalue weighted by Gasteiger charge is -2.41. The van der Waals surface area contributed by atoms with Crippen LogP contribution in [-0.2, 0) is 14.3 Å². The Morgan fingerprint density at radius 2 is 2.00 bits per heavy atom. The number of hydrogen-bond donors (Lipinski definition) is 2. The van der Waals surface area contributed by atoms with Gasteiger partial charge in [0.1, 0.15) is 11.6 Å². The van der Waals surface area contributed by atoms with Gasteiger partial charge in [-0.05, 0) is 51.3 Å². The van der Waals surface area contributed by atoms with Crippen LogP contribution >= 0.6 is 0 Å². The summed E-state index contributed by atoms with van der Waals surface area (Å²) in [6.45, 7) is 5.91. The number of carboxylic acid groups (broad SMARTS) is 1. The summed E-state index contributed by atoms with van der Waals surface area (Å²) in [5.74, 6) is -1.92. The normalized spacial score (nSPS) is 23.5. The number of carboxylic acids is 1. The molecule has 3 atom stereocenters. The molecule has 0 unspecified atom stereocenters. The molecule has 3 N–H and O–H groups in total. The second kappa shape index (κ2) is 7.27. The van der Waals surface area contributed by atoms with Crippen LogP contribution < -0.4 is 5.73 Å². The van der Waals surface area contributed by atoms with Crippen LogP contribution in [0.15, 0.2) is 24.5 Å². The lowest BCUT2D eigenvalue weighted by atomic mass is 9.91. The van der Waals surface area contributed by atoms with E-state index in [0.717, 1.165) is 0 Å². The smallest absolute Gasteiger partial charge is 0.325 e. The minimum absolute atomic E-state index is 0.376. The fourth-order valence-electron chi connectivity index (χ4n) is 3.00. The molecule has 1 aliphatic rings. The summed E-state index contributed by atoms with van der Waals surface area (Å²) in [6.07, 6.45) is 3.67. The summed E-state index contributed by atoms with van der Waals surface area (Å²) in [6, 6.07) is 2.40. The average molecular weight is 335 g/mol. The number of nitrogens with zero attached hydrogens (tertiary/aromatic N) is 2. The van der Waals surface area contributed by atoms with Gasteiger partial charge in [0.05, 0.1) is 12.1 Å². The maximum atomic E-state index is 12.4. The second-order valence-corrected chi connectivity index (χ2v) is 7.03. The summed E-state index contributed by atoms with van der Waals surface area (Å²) < 4.78 is 5.44. The summed E-state index contributed by atoms with van der Waals surface area (Å²) >= 11 is 0. The van der Waals surface area contributed by atoms with Gasteiger partial charge in [-0.1, -0.05) is 0 Å². The van der Waals surface area contributed by atoms with E-state index >= 15 is 0 Å². The molecule has 1 fully saturated rings. The molecule has 0 bridgehead atoms. The highest BCUT2D eigenvalue weighted by molar-refractivity contribution is 5.77. The van der Waals surface area contributed by atoms with E-state index in [9.17, 15) is 14.7 Å². The van der Waals surface area contributed by atoms with E-state index in [2.05, 4.69) is 4.98 Å². The number of carbonyl (C=O) groups is 2. The Morgan fingerprint density at radius 1 is 1.38 bits per heavy atom. The first-order chi connectivity index (χ1) is 11.2. The highest BCUT2D eigenvalue weighted by Crippen LogP contribution is 2.31. The lowest BCUT2D eigenvalue weighted by molar-refractivity contribution is -0.167. The molecule has 0 amide bonds. The van der Waals surface area contributed by atoms with E-state index in [-0.39, 0.29) is 5.97 Å². The van der Waals surface area contributed by atoms with Crippen LogP contribution in [0.2, 0.25) is 0 Å². The first-order valence-electron chi connectivity index (χ1n) is 8.07. The molecule has 132 valence electrons. The zero-order valence-corrected chi connectivity index (χ0v) is 14.3. The van der Waals surface area contributed by atoms with Crippen molar-refractivity contribution in [2.24, 2.45) is 11.7 Å². The molecule has 7 nitrogen and oxygen atoms in total. The largest absolute Gasteiger partial charge is 0.480 e. The number of likely N-dealkylation sites (tertiary alicyclic amines) is 1. The van der Waals surface area contributed by atoms with Gasteiger partial charge in [-0.25, -0.2) is 0 Å². The van der Waals surface area contributed by atoms with Gasteiger partial charge in [-0.15, -0.1) is 0 Å². The molecule has 0 aromatic carbocycles. The third-order valence-electron chi connectivity index (χ3n) is 4.02. The van der Waals surface area contributed by atoms with Gasteiger partial charge in [0, 0.05) is 18.9 Å². The van der Waals surface area contributed by atoms with Gasteiger partial charge in [0.15, 0.2) is 0 Å². The highest BCUT2D eigenvalue weighted by Gasteiger charge is 2.41. The van der Waals surface area contributed by atoms with Crippen LogP contribution in [0.3, 0.4) is 0 Å². The summed E-state index contributed by atoms with van der Waals surface area (Å²) in [5, 5.41) is 9.67. The molecule has 1 saturated heterocycles. The first-order valence-corrected chi connectivity index (χ1v) is 8.07. The number of pyridine rings is 1. The molecule has 0 saturated carbocycles. The lowest BCUT2D eigenvalue weighted by Crippen LogP contribution is -2.56. The van der Waals surface area contributed by atoms with E-state index < -0.39 is 29.7 Å². The molecule has 1 aromatic rings. The molecule has 1 aliphatic heterocycles. The van der Waals surface area contributed by atoms with Gasteiger partial charge in [0.2, 0.25) is 0 Å². The molecule has 24 heavy (non-hydrogen) atoms. The van der Waals surface area contributed by atoms with E-state index in [0.29, 0.717) is 24.9 Å². The maximum Gasteiger partial charge on any atom is 0.325 e. The van der Waals surface area contributed by atoms with Crippen LogP contribution in [-0.4, -0.2) is 45.2 Å². The zero-order chi connectivity index (χ0) is 17.9. The van der Waals surface area contributed by atoms with Crippen molar-refractivity contribution in [3.8, 4) is 0 Å². The third kappa shape index (κ3) is 4.30. The van der Waals surface area contributed by atoms with Crippen molar-refractivity contribution >= 4 is 11.9 Å². The number of hydrogen-bond acceptors (Lipinski definition) is 6. The fraction of sp³-hybridized carbons (Fsp3) is 0.588. The van der Waals surface area contributed by atoms with E-state index in [1.807, 2.05) is 0 Å². The molecule has 0 radical (unpaired) electrons. The Kier molecular flexibility index (Phi) is 5.56. The molecule has 2 heterocycles. The topological polar surface area (TPSA) is 106 Å². The monoisotopic (exact) mass is 335 g/mol. The number of rotatable bonds is 4. The molecule has 0 spiro atoms. The number of ether oxygens (including phenoxy) is 1. The maximum absolute atomic E-state index is 12.4. The van der Waals surface area contributed by atoms with Crippen molar-refractivity contribution in [3.63, 3.8) is 0 Å². The van der Waals surface area contributed by atoms with Gasteiger partial charge in [0.25, 0.3) is 0 Å². The highest BCUT2D eigenvalue weighted by atomic mass is 16.6. The Labute approximate surface area is 141 Å². The van der Waals surface area contributed by atoms with Gasteiger partial charge in [-0.2, -0.15) is 0 Å². The van der Waals surface area contributed by atoms with Crippen molar-refractivity contribution in [2.45, 2.75) is 51.4 Å². The molecule has 1 aromatic heterocycles. The van der Waals surface area contributed by atoms with E-state index in [4.69, 9.17) is 10.5 Å². The summed E-state index contributed by atoms with van der Waals surface area (Å²) in [5.41, 5.74) is 6.26. The minimum Gasteiger partial charge on any atom is -0.480 e. The van der Waals surface area contributed by atoms with Crippen molar-refractivity contribution in [1.82, 2.24) is 9.88 Å². The van der Waals surface area contributed by atoms with Gasteiger partial charge < -0.3 is 15.6 Å². The summed E-state index contributed by atoms with van der Waals surface area (Å²) in [4.78, 5) is 29.8. The number of aliphatic carboxylic acids is 1. The Balaban J connectivity index is 2.23. The quantitative estimate of drug-likeness (QED) is 0.804. The SMILES string of the molecule is CC(C)(C)OC(=O)[C@@H]1CCCN([C@@H](C(=O)O)c2ccncc2)[C@H]1N. The molecular weight excluding hydrogens is 310 g/mol. The Morgan fingerprint density at radius 3 is 2.54 bits per heavy atom. The van der Waals surface area contributed by atoms with Gasteiger partial charge in [-0.3, -0.25) is 19.5 Å². The van der Waals surface area contributed by atoms with Crippen molar-refractivity contribution in [1.29, 1.82) is 0 Å². The summed E-state index contributed by atoms with van der Waals surface area (Å²) in [7, 11) is 0. The first kappa shape index (κ1) is 18.4. The predicted octanol–water partition coefficient (Wildman–Crippen LogP) is 1.55. The van der Waals surface area contributed by atoms with E-state index in [1.165, 1.54) is 0 Å². The second-order valence-electron chi connectivity index (χ2n) is 7.03. The van der Waals surface area contributed by atoms with Crippen molar-refractivity contribution < 1.29 is 19.4 Å². The van der Waals surface area contributed by atoms with Crippen LogP contribution in [0.1, 0.15) is 45.2 Å². The van der Waals surface area contributed by atoms with Crippen molar-refractivity contribution in [3.05, 3.63) is 30.1 Å². The molecule has 0 aliphatic carbocycles. The molecule has 2 rings (SSSR count). The number of carbonyl (C=O) groups excluding carboxylic acids is 1. The van der Waals surface area contributed by atoms with Crippen LogP contribution in [0, 0.1) is 5.92 Å². The van der Waals surface area contributed by atoms with E-state index in [1.54, 1.807) is 50.2 Å². The third-order valence-corrected chi connectivity index (χ3v) is 4.02. The minimum atomic E-state index is -0.999. The van der Waals surface area contributed by atoms with Gasteiger partial charge >= 0.3 is 11.9 Å². The average Bonchev–Trinajstić information content (AvgIpc) is 2.48. The standard InChI is InChI=1S/C17H25N3O4/c1-17(2,3)24-16(23)12-5-4-10-20(14(12)18)13(15(21)22)11-6-8-19-9-7-11/h6-9,12-14H,4-5,10,18H2,1-3H3,(H,21,22)/t12-,13-,14-/m1/s1. The number of esters is 1. The van der Waals surface area contributed by atoms with Crippen molar-refractivity contribution in [2.75, 3.05) is 6.54 Å². The Hall–Kier alpha value is -1.99. The van der Waals surface area contributed by atoms with Crippen LogP contribution in [0.25, 0.3) is 0 Å². The zero-order valence-electron chi connectivity index (χ0n) is 14.3. The predicted molar refractivity (Wildman–Crippen MR) is 87.9 cm³/mol. The molecule has 7 heteroatoms. The van der Waals surface area contributed by atoms with Crippen LogP contribution in [0.4, 0.5) is 0 Å². The fourth-order valence-corrected chi connectivity index (χ4v) is 3.00. The number of aromatic nitrogens is 1. The molecular formula is C17H25N3O4. The Bertz CT molecular complexity index is 585. The number of piperidine rings is 1. The van der Waals surface area contributed by atoms with Crippen LogP contribution in [0.5, 0.6) is 0 Å². The number of nitrogens with two attached hydrogens (primary N) is 1.